The van der Waals surface area contributed by atoms with Gasteiger partial charge in [-0.1, -0.05) is 0 Å². The number of nitrogens with one attached hydrogen (secondary N) is 1. The minimum atomic E-state index is -0.362. The van der Waals surface area contributed by atoms with Crippen LogP contribution in [0.25, 0.3) is 23.3 Å². The number of H-pyrrole nitrogens is 1. The normalized spacial score (nSPS) is 11.8. The SMILES string of the molecule is CCn1c(=O)c2[nH]c(/C=C/c3ccc(OCCOC(C)C)nc3)nc2n(CC)c1=O. The minimum absolute atomic E-state index is 0.171. The van der Waals surface area contributed by atoms with Gasteiger partial charge in [-0.15, -0.1) is 0 Å². The summed E-state index contributed by atoms with van der Waals surface area (Å²) in [5, 5.41) is 0. The van der Waals surface area contributed by atoms with Crippen LogP contribution in [-0.4, -0.2) is 43.4 Å². The molecule has 30 heavy (non-hydrogen) atoms. The van der Waals surface area contributed by atoms with Gasteiger partial charge in [-0.05, 0) is 51.5 Å². The molecule has 0 unspecified atom stereocenters. The molecule has 0 aliphatic heterocycles. The van der Waals surface area contributed by atoms with Crippen molar-refractivity contribution in [2.75, 3.05) is 13.2 Å². The van der Waals surface area contributed by atoms with Gasteiger partial charge in [0.15, 0.2) is 5.65 Å². The number of aromatic amines is 1. The first-order chi connectivity index (χ1) is 14.4. The van der Waals surface area contributed by atoms with E-state index in [1.807, 2.05) is 32.9 Å². The van der Waals surface area contributed by atoms with E-state index in [4.69, 9.17) is 9.47 Å². The lowest BCUT2D eigenvalue weighted by molar-refractivity contribution is 0.0542. The van der Waals surface area contributed by atoms with Gasteiger partial charge in [0.25, 0.3) is 5.56 Å². The summed E-state index contributed by atoms with van der Waals surface area (Å²) < 4.78 is 13.7. The molecule has 0 spiro atoms. The Hall–Kier alpha value is -3.20. The highest BCUT2D eigenvalue weighted by Gasteiger charge is 2.14. The lowest BCUT2D eigenvalue weighted by Crippen LogP contribution is -2.39. The predicted octanol–water partition coefficient (Wildman–Crippen LogP) is 2.30. The van der Waals surface area contributed by atoms with Crippen molar-refractivity contribution < 1.29 is 9.47 Å². The number of rotatable bonds is 9. The molecule has 0 aliphatic carbocycles. The second-order valence-corrected chi connectivity index (χ2v) is 6.93. The summed E-state index contributed by atoms with van der Waals surface area (Å²) in [6.45, 7) is 9.25. The van der Waals surface area contributed by atoms with Crippen molar-refractivity contribution in [1.29, 1.82) is 0 Å². The van der Waals surface area contributed by atoms with E-state index in [0.717, 1.165) is 5.56 Å². The molecule has 3 aromatic rings. The van der Waals surface area contributed by atoms with Crippen LogP contribution in [0, 0.1) is 0 Å². The van der Waals surface area contributed by atoms with Crippen LogP contribution in [-0.2, 0) is 17.8 Å². The number of aromatic nitrogens is 5. The van der Waals surface area contributed by atoms with Gasteiger partial charge in [-0.25, -0.2) is 14.8 Å². The van der Waals surface area contributed by atoms with Crippen molar-refractivity contribution >= 4 is 23.3 Å². The zero-order chi connectivity index (χ0) is 21.7. The summed E-state index contributed by atoms with van der Waals surface area (Å²) in [6.07, 6.45) is 5.42. The van der Waals surface area contributed by atoms with Gasteiger partial charge in [0.05, 0.1) is 12.7 Å². The summed E-state index contributed by atoms with van der Waals surface area (Å²) in [5.74, 6) is 1.01. The smallest absolute Gasteiger partial charge is 0.332 e. The van der Waals surface area contributed by atoms with E-state index in [-0.39, 0.29) is 17.4 Å². The predicted molar refractivity (Wildman–Crippen MR) is 116 cm³/mol. The third kappa shape index (κ3) is 4.68. The molecule has 3 heterocycles. The Morgan fingerprint density at radius 2 is 1.87 bits per heavy atom. The van der Waals surface area contributed by atoms with Crippen LogP contribution in [0.2, 0.25) is 0 Å². The number of nitrogens with zero attached hydrogens (tertiary/aromatic N) is 4. The average molecular weight is 413 g/mol. The third-order valence-electron chi connectivity index (χ3n) is 4.49. The first-order valence-corrected chi connectivity index (χ1v) is 10.1. The highest BCUT2D eigenvalue weighted by atomic mass is 16.5. The Bertz CT molecular complexity index is 1140. The van der Waals surface area contributed by atoms with E-state index in [1.165, 1.54) is 9.13 Å². The highest BCUT2D eigenvalue weighted by molar-refractivity contribution is 5.75. The summed E-state index contributed by atoms with van der Waals surface area (Å²) >= 11 is 0. The fourth-order valence-electron chi connectivity index (χ4n) is 3.01. The fraction of sp³-hybridized carbons (Fsp3) is 0.429. The fourth-order valence-corrected chi connectivity index (χ4v) is 3.01. The van der Waals surface area contributed by atoms with Crippen molar-refractivity contribution in [3.63, 3.8) is 0 Å². The van der Waals surface area contributed by atoms with Crippen LogP contribution < -0.4 is 16.0 Å². The molecule has 0 bridgehead atoms. The summed E-state index contributed by atoms with van der Waals surface area (Å²) in [6, 6.07) is 3.65. The molecule has 0 amide bonds. The van der Waals surface area contributed by atoms with Crippen molar-refractivity contribution in [2.45, 2.75) is 46.9 Å². The molecule has 0 fully saturated rings. The molecule has 160 valence electrons. The molecule has 0 saturated carbocycles. The summed E-state index contributed by atoms with van der Waals surface area (Å²) in [5.41, 5.74) is 0.822. The molecule has 3 rings (SSSR count). The van der Waals surface area contributed by atoms with Gasteiger partial charge in [-0.3, -0.25) is 13.9 Å². The zero-order valence-corrected chi connectivity index (χ0v) is 17.7. The number of ether oxygens (including phenoxy) is 2. The van der Waals surface area contributed by atoms with E-state index in [2.05, 4.69) is 15.0 Å². The molecule has 0 atom stereocenters. The molecule has 9 heteroatoms. The van der Waals surface area contributed by atoms with E-state index >= 15 is 0 Å². The second-order valence-electron chi connectivity index (χ2n) is 6.93. The number of fused-ring (bicyclic) bond motifs is 1. The van der Waals surface area contributed by atoms with E-state index < -0.39 is 0 Å². The van der Waals surface area contributed by atoms with Crippen molar-refractivity contribution in [1.82, 2.24) is 24.1 Å². The first kappa shape index (κ1) is 21.5. The quantitative estimate of drug-likeness (QED) is 0.540. The zero-order valence-electron chi connectivity index (χ0n) is 17.7. The molecule has 3 aromatic heterocycles. The molecular formula is C21H27N5O4. The van der Waals surface area contributed by atoms with Crippen LogP contribution >= 0.6 is 0 Å². The van der Waals surface area contributed by atoms with Gasteiger partial charge < -0.3 is 14.5 Å². The van der Waals surface area contributed by atoms with Gasteiger partial charge in [0.2, 0.25) is 5.88 Å². The number of imidazole rings is 1. The Morgan fingerprint density at radius 1 is 1.10 bits per heavy atom. The Labute approximate surface area is 174 Å². The minimum Gasteiger partial charge on any atom is -0.475 e. The lowest BCUT2D eigenvalue weighted by Gasteiger charge is -2.08. The van der Waals surface area contributed by atoms with Crippen LogP contribution in [0.3, 0.4) is 0 Å². The first-order valence-electron chi connectivity index (χ1n) is 10.1. The maximum Gasteiger partial charge on any atom is 0.332 e. The standard InChI is InChI=1S/C21H27N5O4/c1-5-25-19-18(20(27)26(6-2)21(25)28)23-16(24-19)9-7-15-8-10-17(22-13-15)30-12-11-29-14(3)4/h7-10,13-14H,5-6,11-12H2,1-4H3,(H,23,24)/b9-7+. The molecule has 0 aliphatic rings. The third-order valence-corrected chi connectivity index (χ3v) is 4.49. The van der Waals surface area contributed by atoms with E-state index in [0.29, 0.717) is 49.2 Å². The number of pyridine rings is 1. The maximum atomic E-state index is 12.5. The number of aryl methyl sites for hydroxylation is 1. The molecule has 0 aromatic carbocycles. The summed E-state index contributed by atoms with van der Waals surface area (Å²) in [7, 11) is 0. The van der Waals surface area contributed by atoms with Gasteiger partial charge in [0, 0.05) is 25.4 Å². The molecule has 1 N–H and O–H groups in total. The van der Waals surface area contributed by atoms with Gasteiger partial charge in [-0.2, -0.15) is 0 Å². The van der Waals surface area contributed by atoms with Gasteiger partial charge >= 0.3 is 5.69 Å². The van der Waals surface area contributed by atoms with Crippen LogP contribution in [0.4, 0.5) is 0 Å². The lowest BCUT2D eigenvalue weighted by atomic mass is 10.2. The second kappa shape index (κ2) is 9.53. The van der Waals surface area contributed by atoms with Crippen molar-refractivity contribution in [3.8, 4) is 5.88 Å². The monoisotopic (exact) mass is 413 g/mol. The Balaban J connectivity index is 1.77. The molecule has 9 nitrogen and oxygen atoms in total. The average Bonchev–Trinajstić information content (AvgIpc) is 3.15. The maximum absolute atomic E-state index is 12.5. The highest BCUT2D eigenvalue weighted by Crippen LogP contribution is 2.12. The molecular weight excluding hydrogens is 386 g/mol. The number of hydrogen-bond acceptors (Lipinski definition) is 6. The van der Waals surface area contributed by atoms with Crippen molar-refractivity contribution in [2.24, 2.45) is 0 Å². The van der Waals surface area contributed by atoms with Crippen molar-refractivity contribution in [3.05, 3.63) is 50.6 Å². The summed E-state index contributed by atoms with van der Waals surface area (Å²) in [4.78, 5) is 36.7. The largest absolute Gasteiger partial charge is 0.475 e. The molecule has 0 saturated heterocycles. The Morgan fingerprint density at radius 3 is 2.50 bits per heavy atom. The number of hydrogen-bond donors (Lipinski definition) is 1. The topological polar surface area (TPSA) is 104 Å². The van der Waals surface area contributed by atoms with E-state index in [9.17, 15) is 9.59 Å². The Kier molecular flexibility index (Phi) is 6.83. The van der Waals surface area contributed by atoms with Crippen LogP contribution in [0.15, 0.2) is 27.9 Å². The molecule has 0 radical (unpaired) electrons. The van der Waals surface area contributed by atoms with Gasteiger partial charge in [0.1, 0.15) is 17.9 Å². The van der Waals surface area contributed by atoms with Crippen LogP contribution in [0.5, 0.6) is 5.88 Å². The van der Waals surface area contributed by atoms with Crippen LogP contribution in [0.1, 0.15) is 39.1 Å². The van der Waals surface area contributed by atoms with E-state index in [1.54, 1.807) is 25.3 Å².